The summed E-state index contributed by atoms with van der Waals surface area (Å²) in [4.78, 5) is 105. The lowest BCUT2D eigenvalue weighted by atomic mass is 10.0. The van der Waals surface area contributed by atoms with E-state index < -0.39 is 93.5 Å². The van der Waals surface area contributed by atoms with Crippen LogP contribution in [0.2, 0.25) is 0 Å². The number of carbonyl (C=O) groups excluding carboxylic acids is 6. The maximum atomic E-state index is 14.9. The molecular weight excluding hydrogens is 1870 g/mol. The average Bonchev–Trinajstić information content (AvgIpc) is 1.80. The summed E-state index contributed by atoms with van der Waals surface area (Å²) in [5.41, 5.74) is 5.30. The number of rotatable bonds is 24. The van der Waals surface area contributed by atoms with Gasteiger partial charge in [-0.05, 0) is 162 Å². The van der Waals surface area contributed by atoms with Crippen molar-refractivity contribution in [2.24, 2.45) is 0 Å². The molecule has 7 saturated heterocycles. The molecule has 33 nitrogen and oxygen atoms in total. The third-order valence-corrected chi connectivity index (χ3v) is 26.5. The van der Waals surface area contributed by atoms with Crippen LogP contribution in [0.5, 0.6) is 5.88 Å². The van der Waals surface area contributed by atoms with Crippen molar-refractivity contribution < 1.29 is 101 Å². The Morgan fingerprint density at radius 2 is 0.956 bits per heavy atom. The summed E-state index contributed by atoms with van der Waals surface area (Å²) in [6, 6.07) is 46.4. The van der Waals surface area contributed by atoms with Gasteiger partial charge in [-0.15, -0.1) is 40.4 Å². The van der Waals surface area contributed by atoms with E-state index in [1.54, 1.807) is 118 Å². The van der Waals surface area contributed by atoms with E-state index in [2.05, 4.69) is 45.5 Å². The van der Waals surface area contributed by atoms with E-state index in [-0.39, 0.29) is 105 Å². The van der Waals surface area contributed by atoms with Gasteiger partial charge in [0, 0.05) is 114 Å². The molecule has 7 aliphatic rings. The van der Waals surface area contributed by atoms with Crippen LogP contribution in [0.3, 0.4) is 0 Å². The molecule has 7 fully saturated rings. The number of sulfone groups is 1. The van der Waals surface area contributed by atoms with Gasteiger partial charge >= 0.3 is 30.5 Å². The second kappa shape index (κ2) is 44.6. The van der Waals surface area contributed by atoms with Crippen molar-refractivity contribution in [2.45, 2.75) is 78.6 Å². The zero-order valence-electron chi connectivity index (χ0n) is 74.3. The second-order valence-corrected chi connectivity index (χ2v) is 36.7. The maximum absolute atomic E-state index is 14.9. The van der Waals surface area contributed by atoms with Crippen molar-refractivity contribution in [1.82, 2.24) is 45.5 Å². The van der Waals surface area contributed by atoms with Crippen LogP contribution in [0, 0.1) is 34.9 Å². The minimum absolute atomic E-state index is 0.00744. The van der Waals surface area contributed by atoms with Gasteiger partial charge in [-0.25, -0.2) is 73.4 Å². The molecule has 5 aromatic heterocycles. The first kappa shape index (κ1) is 97.5. The number of nitrogens with zero attached hydrogens (tertiary/aromatic N) is 14. The predicted molar refractivity (Wildman–Crippen MR) is 503 cm³/mol. The number of hydrogen-bond acceptors (Lipinski definition) is 28. The molecule has 5 atom stereocenters. The second-order valence-electron chi connectivity index (χ2n) is 31.8. The van der Waals surface area contributed by atoms with Gasteiger partial charge in [0.1, 0.15) is 78.5 Å². The molecular formula is C94H92F6N16O17S4. The zero-order valence-corrected chi connectivity index (χ0v) is 77.6. The fourth-order valence-corrected chi connectivity index (χ4v) is 17.9. The molecule has 0 aliphatic carbocycles. The number of carbonyl (C=O) groups is 6. The number of thioether (sulfide) groups is 3. The van der Waals surface area contributed by atoms with Gasteiger partial charge in [0.05, 0.1) is 110 Å². The van der Waals surface area contributed by atoms with Crippen LogP contribution in [-0.2, 0) is 51.4 Å². The third-order valence-electron chi connectivity index (χ3n) is 22.7. The van der Waals surface area contributed by atoms with Crippen LogP contribution in [0.25, 0.3) is 44.5 Å². The smallest absolute Gasteiger partial charge is 0.414 e. The number of ether oxygens (including phenoxy) is 6. The lowest BCUT2D eigenvalue weighted by Gasteiger charge is -2.28. The highest BCUT2D eigenvalue weighted by Crippen LogP contribution is 2.38. The summed E-state index contributed by atoms with van der Waals surface area (Å²) in [5, 5.41) is 17.1. The van der Waals surface area contributed by atoms with Crippen molar-refractivity contribution in [1.29, 1.82) is 0 Å². The maximum Gasteiger partial charge on any atom is 0.414 e. The molecule has 7 aliphatic heterocycles. The van der Waals surface area contributed by atoms with Gasteiger partial charge in [0.25, 0.3) is 11.4 Å². The van der Waals surface area contributed by atoms with Crippen molar-refractivity contribution in [3.05, 3.63) is 252 Å². The number of anilines is 7. The summed E-state index contributed by atoms with van der Waals surface area (Å²) in [7, 11) is -3.04. The van der Waals surface area contributed by atoms with Gasteiger partial charge < -0.3 is 57.9 Å². The summed E-state index contributed by atoms with van der Waals surface area (Å²) in [6.45, 7) is 9.39. The molecule has 137 heavy (non-hydrogen) atoms. The Morgan fingerprint density at radius 3 is 1.42 bits per heavy atom. The van der Waals surface area contributed by atoms with Crippen LogP contribution < -0.4 is 55.2 Å². The molecule has 0 unspecified atom stereocenters. The topological polar surface area (TPSA) is 356 Å². The number of piperazine rings is 1. The number of cyclic esters (lactones) is 5. The molecule has 0 saturated carbocycles. The predicted octanol–water partition coefficient (Wildman–Crippen LogP) is 15.5. The van der Waals surface area contributed by atoms with Crippen molar-refractivity contribution in [3.63, 3.8) is 0 Å². The fraction of sp³-hybridized carbons (Fsp3) is 0.298. The number of pyridine rings is 2. The van der Waals surface area contributed by atoms with E-state index in [4.69, 9.17) is 32.9 Å². The molecule has 0 spiro atoms. The molecule has 716 valence electrons. The Bertz CT molecular complexity index is 6420. The van der Waals surface area contributed by atoms with Crippen molar-refractivity contribution >= 4 is 122 Å². The zero-order chi connectivity index (χ0) is 96.6. The minimum Gasteiger partial charge on any atom is -0.471 e. The first-order chi connectivity index (χ1) is 66.1. The van der Waals surface area contributed by atoms with E-state index >= 15 is 0 Å². The number of halogens is 6. The molecule has 7 aromatic carbocycles. The first-order valence-electron chi connectivity index (χ1n) is 43.2. The Morgan fingerprint density at radius 1 is 0.489 bits per heavy atom. The molecule has 19 rings (SSSR count). The number of benzene rings is 7. The van der Waals surface area contributed by atoms with Crippen LogP contribution in [0.4, 0.5) is 90.4 Å². The average molecular weight is 1960 g/mol. The molecule has 2 N–H and O–H groups in total. The molecule has 12 heterocycles. The third kappa shape index (κ3) is 24.4. The lowest BCUT2D eigenvalue weighted by molar-refractivity contribution is -0.119. The van der Waals surface area contributed by atoms with E-state index in [9.17, 15) is 68.3 Å². The van der Waals surface area contributed by atoms with E-state index in [0.29, 0.717) is 82.5 Å². The Kier molecular flexibility index (Phi) is 31.8. The van der Waals surface area contributed by atoms with Crippen molar-refractivity contribution in [2.75, 3.05) is 150 Å². The lowest BCUT2D eigenvalue weighted by Crippen LogP contribution is -2.43. The standard InChI is InChI=1S/C21H22FN7O2.2C20H17FN2O4S.C19H18F2N2O3S.C14H18FN3O4S/c22-19-11-16(29-14-17(31-21(29)30)13-28-10-7-25-26-28)2-3-18(19)15-1-4-20(24-12-15)27-8-5-23-6-9-27;1-28-16-5-2-13(3-6-16)17-7-4-14(10-18(17)21)23-11-15(27-20(23)24)12-25-19-8-9-26-22-19;1-28-16-5-2-13(3-6-16)17-7-4-14(10-18(17)21)22-11-15(27-20(22)25)12-23-19(24)8-9-26-23;1-11(24)22-9-14-10-23(19(25)26-14)13-7-16(20)18(17(21)8-13)12-3-5-15(27-2)6-4-12;1-2-11-9-18(14(19)22-11)10-7-12(15)13(16-8-10)17-3-5-23(20,21)6-4-17/h1-4,7,10-12,17,23H,5-6,8-9,13-14H2;2*2-10,15H,11-12H2,1H3;3-8,14H,9-10H2,1-2H3,(H,22,24);7-8,11H,2-6,9H2,1H3/t17-;2*15-;14-;11-/m01100/s1. The van der Waals surface area contributed by atoms with E-state index in [0.717, 1.165) is 79.6 Å². The van der Waals surface area contributed by atoms with Gasteiger partial charge in [0.15, 0.2) is 27.6 Å². The summed E-state index contributed by atoms with van der Waals surface area (Å²) < 4.78 is 155. The normalized spacial score (nSPS) is 18.2. The van der Waals surface area contributed by atoms with Crippen LogP contribution in [0.1, 0.15) is 20.3 Å². The number of nitrogens with one attached hydrogen (secondary N) is 2. The summed E-state index contributed by atoms with van der Waals surface area (Å²) in [6.07, 6.45) is 10.6. The molecule has 0 bridgehead atoms. The largest absolute Gasteiger partial charge is 0.471 e. The van der Waals surface area contributed by atoms with E-state index in [1.165, 1.54) is 87.3 Å². The first-order valence-corrected chi connectivity index (χ1v) is 48.6. The highest BCUT2D eigenvalue weighted by atomic mass is 32.2. The molecule has 12 aromatic rings. The monoisotopic (exact) mass is 1960 g/mol. The van der Waals surface area contributed by atoms with Crippen LogP contribution in [-0.4, -0.2) is 226 Å². The van der Waals surface area contributed by atoms with Crippen molar-refractivity contribution in [3.8, 4) is 50.4 Å². The molecule has 0 radical (unpaired) electrons. The van der Waals surface area contributed by atoms with Gasteiger partial charge in [0.2, 0.25) is 5.91 Å². The molecule has 43 heteroatoms. The number of aromatic nitrogens is 7. The highest BCUT2D eigenvalue weighted by molar-refractivity contribution is 7.99. The van der Waals surface area contributed by atoms with Gasteiger partial charge in [-0.3, -0.25) is 34.1 Å². The minimum atomic E-state index is -3.04. The van der Waals surface area contributed by atoms with E-state index in [1.807, 2.05) is 86.4 Å². The Balaban J connectivity index is 0.000000130. The van der Waals surface area contributed by atoms with Crippen LogP contribution >= 0.6 is 35.3 Å². The number of amides is 6. The SMILES string of the molecule is CC[C@H]1CN(c2cnc(N3CCS(=O)(=O)CC3)c(F)c2)C(=O)O1.CSc1ccc(-c2c(F)cc(N3C[C@H](CNC(C)=O)OC3=O)cc2F)cc1.CSc1ccc(-c2ccc(N3C[C@H](COc4ccon4)OC3=O)cc2F)cc1.CSc1ccc(-c2ccc(N3C[C@H](Cn4occc4=O)OC3=O)cc2F)cc1.O=C1O[C@@H](Cn2ccnn2)CN1c1ccc(-c2ccc(N3CCNCC3)nc2)c(F)c1. The number of hydrogen-bond donors (Lipinski definition) is 2. The quantitative estimate of drug-likeness (QED) is 0.0322. The van der Waals surface area contributed by atoms with Gasteiger partial charge in [-0.2, -0.15) is 4.74 Å². The molecule has 6 amide bonds. The van der Waals surface area contributed by atoms with Crippen LogP contribution in [0.15, 0.2) is 236 Å². The Hall–Kier alpha value is -14.0. The summed E-state index contributed by atoms with van der Waals surface area (Å²) >= 11 is 4.78. The fourth-order valence-electron chi connectivity index (χ4n) is 15.5. The van der Waals surface area contributed by atoms with Gasteiger partial charge in [-0.1, -0.05) is 48.5 Å². The highest BCUT2D eigenvalue weighted by Gasteiger charge is 2.39. The summed E-state index contributed by atoms with van der Waals surface area (Å²) in [5.74, 6) is -2.28. The Labute approximate surface area is 794 Å².